The first kappa shape index (κ1) is 12.4. The van der Waals surface area contributed by atoms with E-state index in [0.29, 0.717) is 14.9 Å². The fourth-order valence-corrected chi connectivity index (χ4v) is 2.38. The van der Waals surface area contributed by atoms with Crippen LogP contribution in [0.1, 0.15) is 16.7 Å². The quantitative estimate of drug-likeness (QED) is 0.932. The van der Waals surface area contributed by atoms with Gasteiger partial charge in [-0.3, -0.25) is 0 Å². The molecule has 2 rings (SSSR count). The summed E-state index contributed by atoms with van der Waals surface area (Å²) in [5.41, 5.74) is 0.376. The Hall–Kier alpha value is -1.04. The van der Waals surface area contributed by atoms with Crippen LogP contribution < -0.4 is 0 Å². The fraction of sp³-hybridized carbons (Fsp3) is 0.182. The van der Waals surface area contributed by atoms with Gasteiger partial charge in [0, 0.05) is 12.5 Å². The molecule has 0 amide bonds. The van der Waals surface area contributed by atoms with Gasteiger partial charge in [-0.05, 0) is 17.7 Å². The lowest BCUT2D eigenvalue weighted by Gasteiger charge is -2.07. The topological polar surface area (TPSA) is 33.1 Å². The smallest absolute Gasteiger partial charge is 0.126 e. The van der Waals surface area contributed by atoms with Gasteiger partial charge in [-0.15, -0.1) is 11.3 Å². The molecule has 0 aliphatic carbocycles. The maximum absolute atomic E-state index is 12.9. The number of halogens is 3. The molecule has 0 aliphatic heterocycles. The maximum Gasteiger partial charge on any atom is 0.126 e. The molecule has 0 bridgehead atoms. The van der Waals surface area contributed by atoms with Crippen LogP contribution in [0.4, 0.5) is 8.78 Å². The number of benzene rings is 1. The van der Waals surface area contributed by atoms with Gasteiger partial charge in [0.15, 0.2) is 0 Å². The van der Waals surface area contributed by atoms with Gasteiger partial charge >= 0.3 is 0 Å². The van der Waals surface area contributed by atoms with E-state index in [0.717, 1.165) is 17.4 Å². The number of thiazole rings is 1. The number of hydrogen-bond donors (Lipinski definition) is 1. The molecular formula is C11H8ClF2NOS. The molecule has 1 unspecified atom stereocenters. The predicted octanol–water partition coefficient (Wildman–Crippen LogP) is 3.35. The highest BCUT2D eigenvalue weighted by molar-refractivity contribution is 7.15. The molecule has 1 N–H and O–H groups in total. The van der Waals surface area contributed by atoms with Crippen molar-refractivity contribution in [2.75, 3.05) is 0 Å². The van der Waals surface area contributed by atoms with Crippen LogP contribution in [0.3, 0.4) is 0 Å². The van der Waals surface area contributed by atoms with E-state index in [-0.39, 0.29) is 6.42 Å². The van der Waals surface area contributed by atoms with Crippen molar-refractivity contribution in [2.45, 2.75) is 12.5 Å². The molecule has 0 aliphatic rings. The molecule has 0 saturated heterocycles. The molecule has 2 nitrogen and oxygen atoms in total. The standard InChI is InChI=1S/C11H8ClF2NOS/c12-10-5-15-11(17-10)9(16)3-6-1-7(13)4-8(14)2-6/h1-2,4-5,9,16H,3H2. The Labute approximate surface area is 106 Å². The van der Waals surface area contributed by atoms with E-state index in [1.807, 2.05) is 0 Å². The second-order valence-electron chi connectivity index (χ2n) is 3.50. The molecule has 6 heteroatoms. The summed E-state index contributed by atoms with van der Waals surface area (Å²) in [6.45, 7) is 0. The summed E-state index contributed by atoms with van der Waals surface area (Å²) in [5, 5.41) is 10.2. The summed E-state index contributed by atoms with van der Waals surface area (Å²) in [5.74, 6) is -1.33. The molecule has 17 heavy (non-hydrogen) atoms. The maximum atomic E-state index is 12.9. The second-order valence-corrected chi connectivity index (χ2v) is 5.19. The summed E-state index contributed by atoms with van der Waals surface area (Å²) in [4.78, 5) is 3.91. The molecule has 0 saturated carbocycles. The highest BCUT2D eigenvalue weighted by atomic mass is 35.5. The summed E-state index contributed by atoms with van der Waals surface area (Å²) in [6.07, 6.45) is 0.615. The van der Waals surface area contributed by atoms with Crippen LogP contribution in [0.25, 0.3) is 0 Å². The van der Waals surface area contributed by atoms with Crippen LogP contribution in [-0.2, 0) is 6.42 Å². The van der Waals surface area contributed by atoms with Crippen molar-refractivity contribution in [1.29, 1.82) is 0 Å². The molecule has 90 valence electrons. The third-order valence-corrected chi connectivity index (χ3v) is 3.35. The molecule has 1 aromatic carbocycles. The molecule has 0 fully saturated rings. The number of nitrogens with zero attached hydrogens (tertiary/aromatic N) is 1. The van der Waals surface area contributed by atoms with E-state index in [9.17, 15) is 13.9 Å². The van der Waals surface area contributed by atoms with Crippen molar-refractivity contribution in [2.24, 2.45) is 0 Å². The summed E-state index contributed by atoms with van der Waals surface area (Å²) < 4.78 is 26.3. The third kappa shape index (κ3) is 3.21. The molecule has 0 spiro atoms. The van der Waals surface area contributed by atoms with Crippen LogP contribution in [0.15, 0.2) is 24.4 Å². The van der Waals surface area contributed by atoms with E-state index in [1.54, 1.807) is 0 Å². The first-order chi connectivity index (χ1) is 8.04. The van der Waals surface area contributed by atoms with Crippen molar-refractivity contribution >= 4 is 22.9 Å². The van der Waals surface area contributed by atoms with Gasteiger partial charge in [0.2, 0.25) is 0 Å². The van der Waals surface area contributed by atoms with Crippen LogP contribution in [0.5, 0.6) is 0 Å². The first-order valence-electron chi connectivity index (χ1n) is 4.79. The van der Waals surface area contributed by atoms with Crippen LogP contribution in [0, 0.1) is 11.6 Å². The normalized spacial score (nSPS) is 12.7. The van der Waals surface area contributed by atoms with Gasteiger partial charge in [0.1, 0.15) is 27.1 Å². The predicted molar refractivity (Wildman–Crippen MR) is 62.1 cm³/mol. The van der Waals surface area contributed by atoms with Gasteiger partial charge < -0.3 is 5.11 Å². The van der Waals surface area contributed by atoms with E-state index in [4.69, 9.17) is 11.6 Å². The Kier molecular flexibility index (Phi) is 3.71. The van der Waals surface area contributed by atoms with Crippen molar-refractivity contribution in [3.63, 3.8) is 0 Å². The van der Waals surface area contributed by atoms with Crippen LogP contribution >= 0.6 is 22.9 Å². The minimum Gasteiger partial charge on any atom is -0.386 e. The zero-order chi connectivity index (χ0) is 12.4. The van der Waals surface area contributed by atoms with E-state index < -0.39 is 17.7 Å². The Balaban J connectivity index is 2.15. The lowest BCUT2D eigenvalue weighted by molar-refractivity contribution is 0.178. The molecule has 0 radical (unpaired) electrons. The monoisotopic (exact) mass is 275 g/mol. The fourth-order valence-electron chi connectivity index (χ4n) is 1.46. The largest absolute Gasteiger partial charge is 0.386 e. The van der Waals surface area contributed by atoms with Gasteiger partial charge in [-0.25, -0.2) is 13.8 Å². The van der Waals surface area contributed by atoms with Gasteiger partial charge in [-0.2, -0.15) is 0 Å². The molecule has 2 aromatic rings. The van der Waals surface area contributed by atoms with E-state index in [1.165, 1.54) is 18.3 Å². The number of aliphatic hydroxyl groups is 1. The second kappa shape index (κ2) is 5.08. The number of hydrogen-bond acceptors (Lipinski definition) is 3. The Morgan fingerprint density at radius 2 is 1.94 bits per heavy atom. The summed E-state index contributed by atoms with van der Waals surface area (Å²) in [7, 11) is 0. The average Bonchev–Trinajstić information content (AvgIpc) is 2.63. The lowest BCUT2D eigenvalue weighted by Crippen LogP contribution is -2.02. The van der Waals surface area contributed by atoms with Crippen molar-refractivity contribution < 1.29 is 13.9 Å². The van der Waals surface area contributed by atoms with Gasteiger partial charge in [-0.1, -0.05) is 11.6 Å². The minimum absolute atomic E-state index is 0.0958. The number of aliphatic hydroxyl groups excluding tert-OH is 1. The third-order valence-electron chi connectivity index (χ3n) is 2.13. The highest BCUT2D eigenvalue weighted by Gasteiger charge is 2.13. The van der Waals surface area contributed by atoms with Crippen LogP contribution in [0.2, 0.25) is 4.34 Å². The van der Waals surface area contributed by atoms with Gasteiger partial charge in [0.05, 0.1) is 6.20 Å². The minimum atomic E-state index is -0.909. The highest BCUT2D eigenvalue weighted by Crippen LogP contribution is 2.26. The van der Waals surface area contributed by atoms with E-state index >= 15 is 0 Å². The average molecular weight is 276 g/mol. The van der Waals surface area contributed by atoms with Crippen molar-refractivity contribution in [3.8, 4) is 0 Å². The molecular weight excluding hydrogens is 268 g/mol. The number of rotatable bonds is 3. The lowest BCUT2D eigenvalue weighted by atomic mass is 10.1. The Bertz CT molecular complexity index is 512. The first-order valence-corrected chi connectivity index (χ1v) is 5.98. The molecule has 1 heterocycles. The SMILES string of the molecule is OC(Cc1cc(F)cc(F)c1)c1ncc(Cl)s1. The zero-order valence-corrected chi connectivity index (χ0v) is 10.1. The van der Waals surface area contributed by atoms with Crippen molar-refractivity contribution in [1.82, 2.24) is 4.98 Å². The summed E-state index contributed by atoms with van der Waals surface area (Å²) >= 11 is 6.82. The Morgan fingerprint density at radius 3 is 2.47 bits per heavy atom. The van der Waals surface area contributed by atoms with E-state index in [2.05, 4.69) is 4.98 Å². The summed E-state index contributed by atoms with van der Waals surface area (Å²) in [6, 6.07) is 3.15. The molecule has 1 atom stereocenters. The van der Waals surface area contributed by atoms with Crippen molar-refractivity contribution in [3.05, 3.63) is 50.9 Å². The van der Waals surface area contributed by atoms with Gasteiger partial charge in [0.25, 0.3) is 0 Å². The zero-order valence-electron chi connectivity index (χ0n) is 8.53. The van der Waals surface area contributed by atoms with Crippen LogP contribution in [-0.4, -0.2) is 10.1 Å². The number of aromatic nitrogens is 1. The molecule has 1 aromatic heterocycles. The Morgan fingerprint density at radius 1 is 1.29 bits per heavy atom.